The molecule has 2 heterocycles. The van der Waals surface area contributed by atoms with E-state index in [-0.39, 0.29) is 5.69 Å². The molecule has 3 atom stereocenters. The van der Waals surface area contributed by atoms with Crippen LogP contribution in [0, 0.1) is 5.92 Å². The summed E-state index contributed by atoms with van der Waals surface area (Å²) in [5.41, 5.74) is -1.16. The molecule has 0 spiro atoms. The molecule has 1 saturated heterocycles. The molecule has 2 aromatic carbocycles. The Morgan fingerprint density at radius 1 is 1.21 bits per heavy atom. The number of alkyl halides is 3. The number of nitrogens with one attached hydrogen (secondary N) is 3. The second kappa shape index (κ2) is 6.37. The van der Waals surface area contributed by atoms with Gasteiger partial charge in [-0.2, -0.15) is 13.2 Å². The van der Waals surface area contributed by atoms with E-state index in [1.54, 1.807) is 13.0 Å². The number of thiocarbonyl (C=S) groups is 1. The first-order valence-electron chi connectivity index (χ1n) is 8.52. The minimum absolute atomic E-state index is 0.0583. The maximum Gasteiger partial charge on any atom is 0.416 e. The Morgan fingerprint density at radius 3 is 2.71 bits per heavy atom. The SMILES string of the molecule is C[C@]12NC(=S)N[C@H](c3ccccc3O1)[C@H]2C(=O)Nc1cccc(C(F)(F)F)c1. The van der Waals surface area contributed by atoms with Crippen LogP contribution in [0.3, 0.4) is 0 Å². The van der Waals surface area contributed by atoms with Gasteiger partial charge in [0.05, 0.1) is 11.6 Å². The molecule has 0 aromatic heterocycles. The number of carbonyl (C=O) groups is 1. The van der Waals surface area contributed by atoms with E-state index in [1.807, 2.05) is 18.2 Å². The molecule has 2 aromatic rings. The van der Waals surface area contributed by atoms with Crippen molar-refractivity contribution in [1.82, 2.24) is 10.6 Å². The Hall–Kier alpha value is -2.81. The summed E-state index contributed by atoms with van der Waals surface area (Å²) in [5.74, 6) is -0.645. The van der Waals surface area contributed by atoms with Crippen LogP contribution in [0.2, 0.25) is 0 Å². The fraction of sp³-hybridized carbons (Fsp3) is 0.263. The molecule has 0 unspecified atom stereocenters. The summed E-state index contributed by atoms with van der Waals surface area (Å²) in [4.78, 5) is 13.1. The minimum Gasteiger partial charge on any atom is -0.467 e. The summed E-state index contributed by atoms with van der Waals surface area (Å²) < 4.78 is 44.9. The second-order valence-electron chi connectivity index (χ2n) is 6.87. The van der Waals surface area contributed by atoms with E-state index in [4.69, 9.17) is 17.0 Å². The van der Waals surface area contributed by atoms with Crippen LogP contribution in [0.4, 0.5) is 18.9 Å². The van der Waals surface area contributed by atoms with Crippen LogP contribution in [0.25, 0.3) is 0 Å². The van der Waals surface area contributed by atoms with Crippen molar-refractivity contribution in [3.05, 3.63) is 59.7 Å². The molecule has 0 saturated carbocycles. The van der Waals surface area contributed by atoms with Crippen molar-refractivity contribution >= 4 is 28.9 Å². The number of halogens is 3. The quantitative estimate of drug-likeness (QED) is 0.665. The summed E-state index contributed by atoms with van der Waals surface area (Å²) in [7, 11) is 0. The van der Waals surface area contributed by atoms with Gasteiger partial charge in [0.1, 0.15) is 11.7 Å². The van der Waals surface area contributed by atoms with E-state index in [0.29, 0.717) is 10.9 Å². The first kappa shape index (κ1) is 18.5. The summed E-state index contributed by atoms with van der Waals surface area (Å²) in [5, 5.41) is 8.98. The zero-order valence-corrected chi connectivity index (χ0v) is 15.4. The first-order chi connectivity index (χ1) is 13.2. The molecule has 2 aliphatic heterocycles. The average molecular weight is 407 g/mol. The molecule has 5 nitrogen and oxygen atoms in total. The van der Waals surface area contributed by atoms with Gasteiger partial charge in [0.15, 0.2) is 10.8 Å². The molecular formula is C19H16F3N3O2S. The third-order valence-corrected chi connectivity index (χ3v) is 5.11. The number of carbonyl (C=O) groups excluding carboxylic acids is 1. The van der Waals surface area contributed by atoms with Gasteiger partial charge in [0.2, 0.25) is 5.91 Å². The summed E-state index contributed by atoms with van der Waals surface area (Å²) in [6.07, 6.45) is -4.49. The maximum absolute atomic E-state index is 13.1. The molecule has 1 amide bonds. The second-order valence-corrected chi connectivity index (χ2v) is 7.28. The third-order valence-electron chi connectivity index (χ3n) is 4.89. The zero-order valence-electron chi connectivity index (χ0n) is 14.6. The molecule has 2 bridgehead atoms. The Balaban J connectivity index is 1.67. The lowest BCUT2D eigenvalue weighted by molar-refractivity contribution is -0.138. The van der Waals surface area contributed by atoms with Crippen molar-refractivity contribution < 1.29 is 22.7 Å². The highest BCUT2D eigenvalue weighted by atomic mass is 32.1. The molecule has 2 aliphatic rings. The summed E-state index contributed by atoms with van der Waals surface area (Å²) in [6, 6.07) is 11.3. The van der Waals surface area contributed by atoms with Crippen molar-refractivity contribution in [1.29, 1.82) is 0 Å². The van der Waals surface area contributed by atoms with E-state index >= 15 is 0 Å². The topological polar surface area (TPSA) is 62.4 Å². The highest BCUT2D eigenvalue weighted by Gasteiger charge is 2.54. The first-order valence-corrected chi connectivity index (χ1v) is 8.93. The minimum atomic E-state index is -4.49. The van der Waals surface area contributed by atoms with Crippen molar-refractivity contribution in [3.63, 3.8) is 0 Å². The molecular weight excluding hydrogens is 391 g/mol. The van der Waals surface area contributed by atoms with Gasteiger partial charge < -0.3 is 20.7 Å². The van der Waals surface area contributed by atoms with E-state index in [9.17, 15) is 18.0 Å². The highest BCUT2D eigenvalue weighted by Crippen LogP contribution is 2.45. The molecule has 1 fully saturated rings. The zero-order chi connectivity index (χ0) is 20.1. The Labute approximate surface area is 164 Å². The van der Waals surface area contributed by atoms with Crippen LogP contribution in [0.5, 0.6) is 5.75 Å². The fourth-order valence-corrected chi connectivity index (χ4v) is 4.01. The Bertz CT molecular complexity index is 965. The van der Waals surface area contributed by atoms with Gasteiger partial charge in [-0.3, -0.25) is 4.79 Å². The highest BCUT2D eigenvalue weighted by molar-refractivity contribution is 7.80. The molecule has 0 aliphatic carbocycles. The van der Waals surface area contributed by atoms with Crippen LogP contribution < -0.4 is 20.7 Å². The standard InChI is InChI=1S/C19H16F3N3O2S/c1-18-14(16(26)23-11-6-4-5-10(9-11)19(20,21)22)15(24-17(28)25-18)12-7-2-3-8-13(12)27-18/h2-9,14-15H,1H3,(H,23,26)(H2,24,25,28)/t14-,15+,18-/m0/s1. The lowest BCUT2D eigenvalue weighted by Gasteiger charge is -2.50. The van der Waals surface area contributed by atoms with Gasteiger partial charge in [-0.1, -0.05) is 24.3 Å². The summed E-state index contributed by atoms with van der Waals surface area (Å²) >= 11 is 5.23. The summed E-state index contributed by atoms with van der Waals surface area (Å²) in [6.45, 7) is 1.69. The largest absolute Gasteiger partial charge is 0.467 e. The molecule has 9 heteroatoms. The van der Waals surface area contributed by atoms with Crippen LogP contribution in [0.15, 0.2) is 48.5 Å². The van der Waals surface area contributed by atoms with Crippen molar-refractivity contribution in [2.75, 3.05) is 5.32 Å². The molecule has 4 rings (SSSR count). The monoisotopic (exact) mass is 407 g/mol. The fourth-order valence-electron chi connectivity index (χ4n) is 3.68. The number of benzene rings is 2. The Morgan fingerprint density at radius 2 is 1.96 bits per heavy atom. The lowest BCUT2D eigenvalue weighted by atomic mass is 9.80. The van der Waals surface area contributed by atoms with Gasteiger partial charge in [0, 0.05) is 11.3 Å². The van der Waals surface area contributed by atoms with E-state index in [1.165, 1.54) is 12.1 Å². The van der Waals surface area contributed by atoms with Crippen molar-refractivity contribution in [2.24, 2.45) is 5.92 Å². The van der Waals surface area contributed by atoms with Gasteiger partial charge in [-0.25, -0.2) is 0 Å². The third kappa shape index (κ3) is 3.15. The predicted octanol–water partition coefficient (Wildman–Crippen LogP) is 3.59. The molecule has 146 valence electrons. The van der Waals surface area contributed by atoms with E-state index in [2.05, 4.69) is 16.0 Å². The number of rotatable bonds is 2. The van der Waals surface area contributed by atoms with Gasteiger partial charge >= 0.3 is 6.18 Å². The van der Waals surface area contributed by atoms with Gasteiger partial charge in [-0.15, -0.1) is 0 Å². The van der Waals surface area contributed by atoms with Crippen LogP contribution in [0.1, 0.15) is 24.1 Å². The molecule has 28 heavy (non-hydrogen) atoms. The van der Waals surface area contributed by atoms with Gasteiger partial charge in [0.25, 0.3) is 0 Å². The number of para-hydroxylation sites is 1. The number of fused-ring (bicyclic) bond motifs is 4. The maximum atomic E-state index is 13.1. The number of hydrogen-bond acceptors (Lipinski definition) is 3. The Kier molecular flexibility index (Phi) is 4.22. The average Bonchev–Trinajstić information content (AvgIpc) is 2.60. The van der Waals surface area contributed by atoms with Crippen molar-refractivity contribution in [3.8, 4) is 5.75 Å². The van der Waals surface area contributed by atoms with E-state index < -0.39 is 35.3 Å². The number of anilines is 1. The van der Waals surface area contributed by atoms with Crippen LogP contribution in [-0.2, 0) is 11.0 Å². The van der Waals surface area contributed by atoms with Crippen LogP contribution >= 0.6 is 12.2 Å². The number of hydrogen-bond donors (Lipinski definition) is 3. The molecule has 3 N–H and O–H groups in total. The predicted molar refractivity (Wildman–Crippen MR) is 101 cm³/mol. The number of ether oxygens (including phenoxy) is 1. The smallest absolute Gasteiger partial charge is 0.416 e. The van der Waals surface area contributed by atoms with Gasteiger partial charge in [-0.05, 0) is 43.4 Å². The van der Waals surface area contributed by atoms with E-state index in [0.717, 1.165) is 17.7 Å². The van der Waals surface area contributed by atoms with Crippen LogP contribution in [-0.4, -0.2) is 16.7 Å². The van der Waals surface area contributed by atoms with Crippen molar-refractivity contribution in [2.45, 2.75) is 24.9 Å². The number of amides is 1. The molecule has 0 radical (unpaired) electrons. The normalized spacial score (nSPS) is 25.6. The lowest BCUT2D eigenvalue weighted by Crippen LogP contribution is -2.70.